The van der Waals surface area contributed by atoms with Gasteiger partial charge in [0.05, 0.1) is 5.36 Å². The van der Waals surface area contributed by atoms with Gasteiger partial charge in [-0.25, -0.2) is 14.2 Å². The lowest BCUT2D eigenvalue weighted by Crippen LogP contribution is -2.57. The number of hydrogen-bond donors (Lipinski definition) is 1. The number of nitrogens with zero attached hydrogens (tertiary/aromatic N) is 4. The van der Waals surface area contributed by atoms with Crippen LogP contribution in [0.3, 0.4) is 0 Å². The summed E-state index contributed by atoms with van der Waals surface area (Å²) in [7, 11) is 0. The zero-order valence-corrected chi connectivity index (χ0v) is 24.2. The fraction of sp³-hybridized carbons (Fsp3) is 0.387. The van der Waals surface area contributed by atoms with E-state index in [-0.39, 0.29) is 18.0 Å². The third-order valence-electron chi connectivity index (χ3n) is 7.37. The van der Waals surface area contributed by atoms with Crippen molar-refractivity contribution in [2.45, 2.75) is 57.2 Å². The lowest BCUT2D eigenvalue weighted by molar-refractivity contribution is 0.0218. The van der Waals surface area contributed by atoms with Crippen LogP contribution in [0.5, 0.6) is 0 Å². The molecule has 40 heavy (non-hydrogen) atoms. The van der Waals surface area contributed by atoms with Crippen LogP contribution in [-0.2, 0) is 9.61 Å². The third kappa shape index (κ3) is 5.24. The monoisotopic (exact) mass is 563 g/mol. The molecule has 0 saturated carbocycles. The minimum Gasteiger partial charge on any atom is -0.444 e. The van der Waals surface area contributed by atoms with Crippen molar-refractivity contribution in [2.24, 2.45) is 4.99 Å². The van der Waals surface area contributed by atoms with E-state index in [0.29, 0.717) is 42.2 Å². The van der Waals surface area contributed by atoms with Crippen LogP contribution in [-0.4, -0.2) is 47.3 Å². The second-order valence-electron chi connectivity index (χ2n) is 11.6. The predicted molar refractivity (Wildman–Crippen MR) is 156 cm³/mol. The molecule has 0 bridgehead atoms. The number of carbonyl (C=O) groups is 1. The SMILES string of the molecule is Cc1ccccc1C1(Cl)C=c2c(N3CCN(C(=O)OC(C)(C)C)C[C@@H]3C)nc(N)cc2=NC1c1ccccc1F. The Hall–Kier alpha value is -3.65. The molecule has 7 nitrogen and oxygen atoms in total. The number of amides is 1. The first-order valence-electron chi connectivity index (χ1n) is 13.5. The summed E-state index contributed by atoms with van der Waals surface area (Å²) in [5, 5.41) is 1.33. The highest BCUT2D eigenvalue weighted by Gasteiger charge is 2.42. The summed E-state index contributed by atoms with van der Waals surface area (Å²) in [5.41, 5.74) is 7.93. The normalized spacial score (nSPS) is 22.7. The van der Waals surface area contributed by atoms with Gasteiger partial charge in [0, 0.05) is 42.5 Å². The summed E-state index contributed by atoms with van der Waals surface area (Å²) in [6.45, 7) is 11.0. The van der Waals surface area contributed by atoms with Gasteiger partial charge in [0.15, 0.2) is 0 Å². The van der Waals surface area contributed by atoms with Crippen LogP contribution < -0.4 is 21.2 Å². The molecule has 210 valence electrons. The number of nitrogen functional groups attached to an aromatic ring is 1. The fourth-order valence-electron chi connectivity index (χ4n) is 5.52. The molecule has 1 saturated heterocycles. The van der Waals surface area contributed by atoms with Gasteiger partial charge in [-0.05, 0) is 57.9 Å². The summed E-state index contributed by atoms with van der Waals surface area (Å²) in [6.07, 6.45) is 1.61. The molecule has 2 N–H and O–H groups in total. The lowest BCUT2D eigenvalue weighted by Gasteiger charge is -2.41. The van der Waals surface area contributed by atoms with Gasteiger partial charge in [0.25, 0.3) is 0 Å². The first kappa shape index (κ1) is 27.9. The van der Waals surface area contributed by atoms with E-state index < -0.39 is 16.5 Å². The van der Waals surface area contributed by atoms with Gasteiger partial charge in [-0.15, -0.1) is 11.6 Å². The first-order valence-corrected chi connectivity index (χ1v) is 13.9. The molecule has 1 fully saturated rings. The fourth-order valence-corrected chi connectivity index (χ4v) is 6.01. The standard InChI is InChI=1S/C31H35ClFN5O2/c1-19-10-6-8-12-23(19)31(32)17-22-25(35-27(31)21-11-7-9-13-24(21)33)16-26(34)36-28(22)38-15-14-37(18-20(38)2)29(39)40-30(3,4)5/h6-13,16-17,20,27H,14-15,18,34H2,1-5H3/t20-,27?,31?/m0/s1. The average molecular weight is 564 g/mol. The maximum Gasteiger partial charge on any atom is 0.410 e. The van der Waals surface area contributed by atoms with E-state index >= 15 is 4.39 Å². The molecule has 0 radical (unpaired) electrons. The first-order chi connectivity index (χ1) is 18.9. The number of ether oxygens (including phenoxy) is 1. The largest absolute Gasteiger partial charge is 0.444 e. The van der Waals surface area contributed by atoms with Crippen LogP contribution in [0.2, 0.25) is 0 Å². The molecule has 2 unspecified atom stereocenters. The van der Waals surface area contributed by atoms with E-state index in [1.54, 1.807) is 29.2 Å². The number of halogens is 2. The van der Waals surface area contributed by atoms with Crippen LogP contribution in [0.15, 0.2) is 59.6 Å². The van der Waals surface area contributed by atoms with Crippen molar-refractivity contribution in [2.75, 3.05) is 30.3 Å². The highest BCUT2D eigenvalue weighted by Crippen LogP contribution is 2.47. The Kier molecular flexibility index (Phi) is 7.25. The quantitative estimate of drug-likeness (QED) is 0.461. The van der Waals surface area contributed by atoms with Crippen LogP contribution in [0.1, 0.15) is 50.4 Å². The predicted octanol–water partition coefficient (Wildman–Crippen LogP) is 4.85. The van der Waals surface area contributed by atoms with Crippen LogP contribution in [0, 0.1) is 12.7 Å². The molecule has 2 aliphatic heterocycles. The van der Waals surface area contributed by atoms with Crippen molar-refractivity contribution in [1.82, 2.24) is 9.88 Å². The number of carbonyl (C=O) groups excluding carboxylic acids is 1. The number of anilines is 2. The minimum atomic E-state index is -1.19. The van der Waals surface area contributed by atoms with E-state index in [2.05, 4.69) is 4.90 Å². The van der Waals surface area contributed by atoms with Gasteiger partial charge >= 0.3 is 6.09 Å². The molecular weight excluding hydrogens is 529 g/mol. The number of hydrogen-bond acceptors (Lipinski definition) is 6. The maximum absolute atomic E-state index is 15.2. The Labute approximate surface area is 239 Å². The second kappa shape index (κ2) is 10.4. The summed E-state index contributed by atoms with van der Waals surface area (Å²) in [4.78, 5) is 25.2. The van der Waals surface area contributed by atoms with E-state index in [1.165, 1.54) is 6.07 Å². The Morgan fingerprint density at radius 3 is 2.52 bits per heavy atom. The van der Waals surface area contributed by atoms with E-state index in [1.807, 2.05) is 65.0 Å². The van der Waals surface area contributed by atoms with Gasteiger partial charge in [0.1, 0.15) is 34.0 Å². The van der Waals surface area contributed by atoms with Crippen molar-refractivity contribution in [3.8, 4) is 0 Å². The smallest absolute Gasteiger partial charge is 0.410 e. The summed E-state index contributed by atoms with van der Waals surface area (Å²) in [6, 6.07) is 15.3. The average Bonchev–Trinajstić information content (AvgIpc) is 2.88. The molecule has 9 heteroatoms. The molecule has 1 aromatic heterocycles. The number of piperazine rings is 1. The van der Waals surface area contributed by atoms with Crippen LogP contribution >= 0.6 is 11.6 Å². The van der Waals surface area contributed by atoms with Crippen molar-refractivity contribution in [3.63, 3.8) is 0 Å². The van der Waals surface area contributed by atoms with E-state index in [9.17, 15) is 4.79 Å². The van der Waals surface area contributed by atoms with Gasteiger partial charge < -0.3 is 20.3 Å². The highest BCUT2D eigenvalue weighted by atomic mass is 35.5. The van der Waals surface area contributed by atoms with Crippen molar-refractivity contribution in [1.29, 1.82) is 0 Å². The Morgan fingerprint density at radius 1 is 1.15 bits per heavy atom. The van der Waals surface area contributed by atoms with Crippen molar-refractivity contribution >= 4 is 35.4 Å². The zero-order chi connectivity index (χ0) is 28.8. The molecule has 3 heterocycles. The maximum atomic E-state index is 15.2. The topological polar surface area (TPSA) is 84.0 Å². The summed E-state index contributed by atoms with van der Waals surface area (Å²) >= 11 is 7.56. The second-order valence-corrected chi connectivity index (χ2v) is 12.2. The molecular formula is C31H35ClFN5O2. The molecule has 2 aromatic carbocycles. The molecule has 2 aliphatic rings. The highest BCUT2D eigenvalue weighted by molar-refractivity contribution is 6.28. The minimum absolute atomic E-state index is 0.0828. The van der Waals surface area contributed by atoms with Crippen LogP contribution in [0.4, 0.5) is 20.8 Å². The number of alkyl halides is 1. The summed E-state index contributed by atoms with van der Waals surface area (Å²) in [5.74, 6) is 0.569. The Bertz CT molecular complexity index is 1570. The number of pyridine rings is 1. The molecule has 0 aliphatic carbocycles. The molecule has 1 amide bonds. The Balaban J connectivity index is 1.63. The molecule has 5 rings (SSSR count). The third-order valence-corrected chi connectivity index (χ3v) is 7.89. The number of aryl methyl sites for hydroxylation is 1. The van der Waals surface area contributed by atoms with Gasteiger partial charge in [0.2, 0.25) is 0 Å². The van der Waals surface area contributed by atoms with E-state index in [0.717, 1.165) is 16.3 Å². The number of fused-ring (bicyclic) bond motifs is 1. The summed E-state index contributed by atoms with van der Waals surface area (Å²) < 4.78 is 20.8. The van der Waals surface area contributed by atoms with Gasteiger partial charge in [-0.1, -0.05) is 42.5 Å². The zero-order valence-electron chi connectivity index (χ0n) is 23.5. The van der Waals surface area contributed by atoms with Gasteiger partial charge in [-0.2, -0.15) is 0 Å². The number of rotatable bonds is 3. The Morgan fingerprint density at radius 2 is 1.85 bits per heavy atom. The van der Waals surface area contributed by atoms with Crippen LogP contribution in [0.25, 0.3) is 6.08 Å². The van der Waals surface area contributed by atoms with E-state index in [4.69, 9.17) is 32.0 Å². The van der Waals surface area contributed by atoms with Crippen molar-refractivity contribution < 1.29 is 13.9 Å². The number of aromatic nitrogens is 1. The molecule has 0 spiro atoms. The van der Waals surface area contributed by atoms with Gasteiger partial charge in [-0.3, -0.25) is 4.99 Å². The number of nitrogens with two attached hydrogens (primary N) is 1. The number of benzene rings is 2. The lowest BCUT2D eigenvalue weighted by atomic mass is 9.82. The molecule has 3 aromatic rings. The van der Waals surface area contributed by atoms with Crippen molar-refractivity contribution in [3.05, 3.63) is 87.7 Å². The molecule has 3 atom stereocenters.